The zero-order valence-electron chi connectivity index (χ0n) is 11.2. The summed E-state index contributed by atoms with van der Waals surface area (Å²) in [5.74, 6) is 0.980. The van der Waals surface area contributed by atoms with Crippen LogP contribution < -0.4 is 5.32 Å². The van der Waals surface area contributed by atoms with Crippen molar-refractivity contribution in [3.8, 4) is 0 Å². The van der Waals surface area contributed by atoms with E-state index in [9.17, 15) is 0 Å². The fourth-order valence-electron chi connectivity index (χ4n) is 3.77. The lowest BCUT2D eigenvalue weighted by atomic mass is 9.91. The minimum absolute atomic E-state index is 0.752. The zero-order valence-corrected chi connectivity index (χ0v) is 11.2. The number of likely N-dealkylation sites (tertiary alicyclic amines) is 1. The molecule has 1 heterocycles. The van der Waals surface area contributed by atoms with Gasteiger partial charge in [-0.2, -0.15) is 0 Å². The molecule has 1 N–H and O–H groups in total. The molecule has 0 bridgehead atoms. The third-order valence-corrected chi connectivity index (χ3v) is 4.94. The molecule has 2 nitrogen and oxygen atoms in total. The molecule has 0 aromatic rings. The summed E-state index contributed by atoms with van der Waals surface area (Å²) in [4.78, 5) is 2.77. The first-order valence-electron chi connectivity index (χ1n) is 7.15. The highest BCUT2D eigenvalue weighted by Crippen LogP contribution is 2.32. The van der Waals surface area contributed by atoms with Gasteiger partial charge in [0.1, 0.15) is 0 Å². The van der Waals surface area contributed by atoms with Gasteiger partial charge in [0.25, 0.3) is 0 Å². The number of piperidine rings is 1. The minimum Gasteiger partial charge on any atom is -0.317 e. The normalized spacial score (nSPS) is 35.4. The van der Waals surface area contributed by atoms with E-state index >= 15 is 0 Å². The molecule has 1 aliphatic carbocycles. The van der Waals surface area contributed by atoms with E-state index in [4.69, 9.17) is 0 Å². The van der Waals surface area contributed by atoms with Crippen molar-refractivity contribution >= 4 is 0 Å². The Kier molecular flexibility index (Phi) is 4.26. The molecule has 2 rings (SSSR count). The van der Waals surface area contributed by atoms with E-state index < -0.39 is 0 Å². The zero-order chi connectivity index (χ0) is 11.5. The van der Waals surface area contributed by atoms with Gasteiger partial charge in [0, 0.05) is 24.7 Å². The summed E-state index contributed by atoms with van der Waals surface area (Å²) in [7, 11) is 2.10. The van der Waals surface area contributed by atoms with Gasteiger partial charge < -0.3 is 5.32 Å². The summed E-state index contributed by atoms with van der Waals surface area (Å²) in [6.45, 7) is 6.17. The van der Waals surface area contributed by atoms with Gasteiger partial charge in [-0.3, -0.25) is 4.90 Å². The first kappa shape index (κ1) is 12.4. The van der Waals surface area contributed by atoms with Crippen molar-refractivity contribution in [1.82, 2.24) is 10.2 Å². The highest BCUT2D eigenvalue weighted by atomic mass is 15.2. The number of hydrogen-bond acceptors (Lipinski definition) is 2. The fraction of sp³-hybridized carbons (Fsp3) is 1.00. The molecule has 2 aliphatic rings. The van der Waals surface area contributed by atoms with Gasteiger partial charge in [0.15, 0.2) is 0 Å². The minimum atomic E-state index is 0.752. The Hall–Kier alpha value is -0.0800. The Morgan fingerprint density at radius 1 is 1.19 bits per heavy atom. The molecule has 1 aliphatic heterocycles. The van der Waals surface area contributed by atoms with E-state index in [0.29, 0.717) is 0 Å². The fourth-order valence-corrected chi connectivity index (χ4v) is 3.77. The molecule has 0 spiro atoms. The first-order chi connectivity index (χ1) is 7.72. The Morgan fingerprint density at radius 3 is 2.44 bits per heavy atom. The molecule has 3 unspecified atom stereocenters. The van der Waals surface area contributed by atoms with Crippen molar-refractivity contribution < 1.29 is 0 Å². The maximum atomic E-state index is 3.44. The van der Waals surface area contributed by atoms with Crippen molar-refractivity contribution in [3.05, 3.63) is 0 Å². The second-order valence-electron chi connectivity index (χ2n) is 5.88. The second-order valence-corrected chi connectivity index (χ2v) is 5.88. The molecule has 2 heteroatoms. The quantitative estimate of drug-likeness (QED) is 0.793. The predicted octanol–water partition coefficient (Wildman–Crippen LogP) is 2.64. The van der Waals surface area contributed by atoms with Gasteiger partial charge in [-0.15, -0.1) is 0 Å². The van der Waals surface area contributed by atoms with Crippen molar-refractivity contribution in [2.45, 2.75) is 70.5 Å². The van der Waals surface area contributed by atoms with Crippen LogP contribution in [0, 0.1) is 5.92 Å². The van der Waals surface area contributed by atoms with Crippen LogP contribution in [0.25, 0.3) is 0 Å². The average molecular weight is 224 g/mol. The summed E-state index contributed by atoms with van der Waals surface area (Å²) in [5, 5.41) is 3.44. The second kappa shape index (κ2) is 5.50. The predicted molar refractivity (Wildman–Crippen MR) is 69.7 cm³/mol. The Labute approximate surface area is 101 Å². The summed E-state index contributed by atoms with van der Waals surface area (Å²) < 4.78 is 0. The molecule has 94 valence electrons. The average Bonchev–Trinajstić information content (AvgIpc) is 2.81. The van der Waals surface area contributed by atoms with Gasteiger partial charge in [-0.25, -0.2) is 0 Å². The van der Waals surface area contributed by atoms with Crippen LogP contribution in [0.4, 0.5) is 0 Å². The standard InChI is InChI=1S/C14H28N2/c1-11-10-14(15-3)8-9-16(11)12(2)13-6-4-5-7-13/h11-15H,4-10H2,1-3H3. The van der Waals surface area contributed by atoms with Crippen LogP contribution in [-0.4, -0.2) is 36.6 Å². The van der Waals surface area contributed by atoms with Crippen LogP contribution >= 0.6 is 0 Å². The van der Waals surface area contributed by atoms with Crippen LogP contribution in [-0.2, 0) is 0 Å². The number of nitrogens with one attached hydrogen (secondary N) is 1. The van der Waals surface area contributed by atoms with Crippen LogP contribution in [0.3, 0.4) is 0 Å². The summed E-state index contributed by atoms with van der Waals surface area (Å²) in [6, 6.07) is 2.33. The van der Waals surface area contributed by atoms with E-state index in [0.717, 1.165) is 24.0 Å². The summed E-state index contributed by atoms with van der Waals surface area (Å²) in [5.41, 5.74) is 0. The van der Waals surface area contributed by atoms with E-state index in [1.54, 1.807) is 0 Å². The molecule has 0 amide bonds. The lowest BCUT2D eigenvalue weighted by Gasteiger charge is -2.43. The molecule has 0 aromatic heterocycles. The molecular weight excluding hydrogens is 196 g/mol. The molecule has 3 atom stereocenters. The van der Waals surface area contributed by atoms with Gasteiger partial charge in [-0.05, 0) is 52.5 Å². The first-order valence-corrected chi connectivity index (χ1v) is 7.15. The van der Waals surface area contributed by atoms with Crippen LogP contribution in [0.1, 0.15) is 52.4 Å². The molecule has 0 radical (unpaired) electrons. The molecule has 2 fully saturated rings. The lowest BCUT2D eigenvalue weighted by Crippen LogP contribution is -2.51. The number of rotatable bonds is 3. The van der Waals surface area contributed by atoms with Gasteiger partial charge >= 0.3 is 0 Å². The summed E-state index contributed by atoms with van der Waals surface area (Å²) in [6.07, 6.45) is 8.54. The lowest BCUT2D eigenvalue weighted by molar-refractivity contribution is 0.0682. The van der Waals surface area contributed by atoms with Crippen molar-refractivity contribution in [2.75, 3.05) is 13.6 Å². The number of nitrogens with zero attached hydrogens (tertiary/aromatic N) is 1. The van der Waals surface area contributed by atoms with E-state index in [1.807, 2.05) is 0 Å². The topological polar surface area (TPSA) is 15.3 Å². The largest absolute Gasteiger partial charge is 0.317 e. The van der Waals surface area contributed by atoms with E-state index in [-0.39, 0.29) is 0 Å². The van der Waals surface area contributed by atoms with Crippen molar-refractivity contribution in [3.63, 3.8) is 0 Å². The third kappa shape index (κ3) is 2.60. The molecule has 1 saturated heterocycles. The SMILES string of the molecule is CNC1CCN(C(C)C2CCCC2)C(C)C1. The smallest absolute Gasteiger partial charge is 0.00980 e. The van der Waals surface area contributed by atoms with Crippen LogP contribution in [0.2, 0.25) is 0 Å². The van der Waals surface area contributed by atoms with E-state index in [1.165, 1.54) is 45.1 Å². The maximum Gasteiger partial charge on any atom is 0.00980 e. The van der Waals surface area contributed by atoms with Gasteiger partial charge in [0.2, 0.25) is 0 Å². The van der Waals surface area contributed by atoms with Crippen molar-refractivity contribution in [1.29, 1.82) is 0 Å². The number of hydrogen-bond donors (Lipinski definition) is 1. The Balaban J connectivity index is 1.88. The van der Waals surface area contributed by atoms with Gasteiger partial charge in [-0.1, -0.05) is 12.8 Å². The molecular formula is C14H28N2. The van der Waals surface area contributed by atoms with Crippen LogP contribution in [0.15, 0.2) is 0 Å². The Morgan fingerprint density at radius 2 is 1.88 bits per heavy atom. The monoisotopic (exact) mass is 224 g/mol. The molecule has 1 saturated carbocycles. The highest BCUT2D eigenvalue weighted by molar-refractivity contribution is 4.88. The molecule has 0 aromatic carbocycles. The van der Waals surface area contributed by atoms with Gasteiger partial charge in [0.05, 0.1) is 0 Å². The Bertz CT molecular complexity index is 211. The third-order valence-electron chi connectivity index (χ3n) is 4.94. The van der Waals surface area contributed by atoms with Crippen molar-refractivity contribution in [2.24, 2.45) is 5.92 Å². The maximum absolute atomic E-state index is 3.44. The highest BCUT2D eigenvalue weighted by Gasteiger charge is 2.32. The van der Waals surface area contributed by atoms with Crippen LogP contribution in [0.5, 0.6) is 0 Å². The molecule has 16 heavy (non-hydrogen) atoms. The summed E-state index contributed by atoms with van der Waals surface area (Å²) >= 11 is 0. The van der Waals surface area contributed by atoms with E-state index in [2.05, 4.69) is 31.1 Å².